The van der Waals surface area contributed by atoms with Gasteiger partial charge in [0.2, 0.25) is 0 Å². The minimum atomic E-state index is -0.552. The maximum absolute atomic E-state index is 13.4. The van der Waals surface area contributed by atoms with Gasteiger partial charge >= 0.3 is 11.8 Å². The first-order valence-electron chi connectivity index (χ1n) is 10.2. The lowest BCUT2D eigenvalue weighted by Gasteiger charge is -2.33. The standard InChI is InChI=1S/C25H22FN3O3/c1-17-7-12-20(26)15-22(17)27-23(30)19-10-8-18(9-11-19)16-28-13-14-29(25(32)24(28)31)21-5-3-2-4-6-21/h2-12,15H,13-14,16H2,1H3,(H,27,30). The van der Waals surface area contributed by atoms with Gasteiger partial charge in [-0.2, -0.15) is 0 Å². The normalized spacial score (nSPS) is 13.9. The average Bonchev–Trinajstić information content (AvgIpc) is 2.80. The van der Waals surface area contributed by atoms with E-state index < -0.39 is 17.6 Å². The summed E-state index contributed by atoms with van der Waals surface area (Å²) < 4.78 is 13.4. The van der Waals surface area contributed by atoms with Crippen molar-refractivity contribution in [1.82, 2.24) is 4.90 Å². The Hall–Kier alpha value is -4.00. The maximum atomic E-state index is 13.4. The lowest BCUT2D eigenvalue weighted by atomic mass is 10.1. The number of anilines is 2. The summed E-state index contributed by atoms with van der Waals surface area (Å²) in [7, 11) is 0. The number of carbonyl (C=O) groups excluding carboxylic acids is 3. The number of nitrogens with one attached hydrogen (secondary N) is 1. The molecule has 0 unspecified atom stereocenters. The van der Waals surface area contributed by atoms with E-state index in [2.05, 4.69) is 5.32 Å². The molecule has 0 atom stereocenters. The van der Waals surface area contributed by atoms with Crippen molar-refractivity contribution in [1.29, 1.82) is 0 Å². The van der Waals surface area contributed by atoms with Gasteiger partial charge in [-0.25, -0.2) is 4.39 Å². The third-order valence-electron chi connectivity index (χ3n) is 5.41. The smallest absolute Gasteiger partial charge is 0.316 e. The summed E-state index contributed by atoms with van der Waals surface area (Å²) in [6, 6.07) is 20.1. The second kappa shape index (κ2) is 9.01. The van der Waals surface area contributed by atoms with Crippen LogP contribution in [0.5, 0.6) is 0 Å². The minimum Gasteiger partial charge on any atom is -0.328 e. The lowest BCUT2D eigenvalue weighted by Crippen LogP contribution is -2.54. The van der Waals surface area contributed by atoms with Crippen molar-refractivity contribution in [3.8, 4) is 0 Å². The van der Waals surface area contributed by atoms with Gasteiger partial charge in [-0.3, -0.25) is 14.4 Å². The number of piperazine rings is 1. The van der Waals surface area contributed by atoms with E-state index in [0.717, 1.165) is 11.1 Å². The third-order valence-corrected chi connectivity index (χ3v) is 5.41. The fourth-order valence-electron chi connectivity index (χ4n) is 3.58. The summed E-state index contributed by atoms with van der Waals surface area (Å²) in [6.07, 6.45) is 0. The van der Waals surface area contributed by atoms with Crippen LogP contribution in [0.15, 0.2) is 72.8 Å². The Morgan fingerprint density at radius 2 is 1.66 bits per heavy atom. The number of carbonyl (C=O) groups is 3. The van der Waals surface area contributed by atoms with Gasteiger partial charge in [0.25, 0.3) is 5.91 Å². The van der Waals surface area contributed by atoms with Crippen molar-refractivity contribution in [2.45, 2.75) is 13.5 Å². The molecule has 32 heavy (non-hydrogen) atoms. The van der Waals surface area contributed by atoms with Gasteiger partial charge in [-0.15, -0.1) is 0 Å². The van der Waals surface area contributed by atoms with E-state index in [-0.39, 0.29) is 12.5 Å². The largest absolute Gasteiger partial charge is 0.328 e. The quantitative estimate of drug-likeness (QED) is 0.626. The van der Waals surface area contributed by atoms with Gasteiger partial charge in [-0.1, -0.05) is 36.4 Å². The first kappa shape index (κ1) is 21.2. The summed E-state index contributed by atoms with van der Waals surface area (Å²) >= 11 is 0. The number of benzene rings is 3. The molecule has 1 N–H and O–H groups in total. The molecular formula is C25H22FN3O3. The van der Waals surface area contributed by atoms with E-state index in [9.17, 15) is 18.8 Å². The fraction of sp³-hybridized carbons (Fsp3) is 0.160. The number of halogens is 1. The maximum Gasteiger partial charge on any atom is 0.316 e. The highest BCUT2D eigenvalue weighted by molar-refractivity contribution is 6.40. The van der Waals surface area contributed by atoms with Crippen LogP contribution < -0.4 is 10.2 Å². The minimum absolute atomic E-state index is 0.276. The van der Waals surface area contributed by atoms with Crippen LogP contribution in [0.2, 0.25) is 0 Å². The predicted molar refractivity (Wildman–Crippen MR) is 120 cm³/mol. The molecule has 0 bridgehead atoms. The fourth-order valence-corrected chi connectivity index (χ4v) is 3.58. The Morgan fingerprint density at radius 3 is 2.38 bits per heavy atom. The molecule has 3 aromatic rings. The van der Waals surface area contributed by atoms with Gasteiger partial charge in [0.05, 0.1) is 0 Å². The summed E-state index contributed by atoms with van der Waals surface area (Å²) in [5, 5.41) is 2.71. The second-order valence-electron chi connectivity index (χ2n) is 7.63. The molecule has 1 aliphatic rings. The van der Waals surface area contributed by atoms with Gasteiger partial charge in [0.1, 0.15) is 5.82 Å². The molecule has 162 valence electrons. The summed E-state index contributed by atoms with van der Waals surface area (Å²) in [5.74, 6) is -1.88. The molecule has 1 aliphatic heterocycles. The van der Waals surface area contributed by atoms with E-state index in [0.29, 0.717) is 30.0 Å². The van der Waals surface area contributed by atoms with Crippen molar-refractivity contribution in [3.05, 3.63) is 95.3 Å². The molecule has 0 aromatic heterocycles. The first-order chi connectivity index (χ1) is 15.4. The van der Waals surface area contributed by atoms with Crippen LogP contribution in [0.25, 0.3) is 0 Å². The third kappa shape index (κ3) is 4.51. The second-order valence-corrected chi connectivity index (χ2v) is 7.63. The van der Waals surface area contributed by atoms with Crippen LogP contribution in [0.3, 0.4) is 0 Å². The molecule has 0 saturated carbocycles. The van der Waals surface area contributed by atoms with E-state index in [1.54, 1.807) is 49.4 Å². The highest BCUT2D eigenvalue weighted by Gasteiger charge is 2.33. The van der Waals surface area contributed by atoms with E-state index in [4.69, 9.17) is 0 Å². The summed E-state index contributed by atoms with van der Waals surface area (Å²) in [6.45, 7) is 2.90. The monoisotopic (exact) mass is 431 g/mol. The number of nitrogens with zero attached hydrogens (tertiary/aromatic N) is 2. The van der Waals surface area contributed by atoms with Gasteiger partial charge in [-0.05, 0) is 54.4 Å². The molecule has 6 nitrogen and oxygen atoms in total. The predicted octanol–water partition coefficient (Wildman–Crippen LogP) is 3.76. The molecule has 0 spiro atoms. The Kier molecular flexibility index (Phi) is 5.98. The number of amides is 3. The number of hydrogen-bond acceptors (Lipinski definition) is 3. The lowest BCUT2D eigenvalue weighted by molar-refractivity contribution is -0.146. The van der Waals surface area contributed by atoms with Crippen LogP contribution in [0.1, 0.15) is 21.5 Å². The van der Waals surface area contributed by atoms with Crippen LogP contribution in [-0.2, 0) is 16.1 Å². The van der Waals surface area contributed by atoms with Crippen LogP contribution >= 0.6 is 0 Å². The number of rotatable bonds is 5. The molecule has 4 rings (SSSR count). The highest BCUT2D eigenvalue weighted by Crippen LogP contribution is 2.20. The molecule has 0 radical (unpaired) electrons. The Labute approximate surface area is 185 Å². The molecule has 0 aliphatic carbocycles. The van der Waals surface area contributed by atoms with Crippen molar-refractivity contribution in [2.75, 3.05) is 23.3 Å². The first-order valence-corrected chi connectivity index (χ1v) is 10.2. The van der Waals surface area contributed by atoms with Gasteiger partial charge < -0.3 is 15.1 Å². The zero-order valence-electron chi connectivity index (χ0n) is 17.5. The van der Waals surface area contributed by atoms with Gasteiger partial charge in [0, 0.05) is 36.6 Å². The summed E-state index contributed by atoms with van der Waals surface area (Å²) in [5.41, 5.74) is 3.09. The van der Waals surface area contributed by atoms with Gasteiger partial charge in [0.15, 0.2) is 0 Å². The van der Waals surface area contributed by atoms with E-state index in [1.165, 1.54) is 21.9 Å². The van der Waals surface area contributed by atoms with Crippen molar-refractivity contribution in [2.24, 2.45) is 0 Å². The molecule has 1 saturated heterocycles. The molecular weight excluding hydrogens is 409 g/mol. The molecule has 1 fully saturated rings. The van der Waals surface area contributed by atoms with Crippen molar-refractivity contribution >= 4 is 29.1 Å². The SMILES string of the molecule is Cc1ccc(F)cc1NC(=O)c1ccc(CN2CCN(c3ccccc3)C(=O)C2=O)cc1. The highest BCUT2D eigenvalue weighted by atomic mass is 19.1. The zero-order chi connectivity index (χ0) is 22.7. The summed E-state index contributed by atoms with van der Waals surface area (Å²) in [4.78, 5) is 40.6. The van der Waals surface area contributed by atoms with Crippen LogP contribution in [0.4, 0.5) is 15.8 Å². The number of hydrogen-bond donors (Lipinski definition) is 1. The number of para-hydroxylation sites is 1. The average molecular weight is 431 g/mol. The molecule has 3 amide bonds. The van der Waals surface area contributed by atoms with Crippen molar-refractivity contribution in [3.63, 3.8) is 0 Å². The van der Waals surface area contributed by atoms with E-state index >= 15 is 0 Å². The van der Waals surface area contributed by atoms with Crippen LogP contribution in [-0.4, -0.2) is 35.7 Å². The van der Waals surface area contributed by atoms with Crippen LogP contribution in [0, 0.1) is 12.7 Å². The molecule has 1 heterocycles. The van der Waals surface area contributed by atoms with E-state index in [1.807, 2.05) is 18.2 Å². The Bertz CT molecular complexity index is 1160. The topological polar surface area (TPSA) is 69.7 Å². The molecule has 3 aromatic carbocycles. The zero-order valence-corrected chi connectivity index (χ0v) is 17.5. The Morgan fingerprint density at radius 1 is 0.938 bits per heavy atom. The van der Waals surface area contributed by atoms with Crippen molar-refractivity contribution < 1.29 is 18.8 Å². The Balaban J connectivity index is 1.39. The number of aryl methyl sites for hydroxylation is 1. The molecule has 7 heteroatoms.